The third-order valence-electron chi connectivity index (χ3n) is 6.01. The number of urea groups is 1. The van der Waals surface area contributed by atoms with Gasteiger partial charge in [-0.25, -0.2) is 9.18 Å². The number of piperidine rings is 2. The van der Waals surface area contributed by atoms with Gasteiger partial charge in [-0.3, -0.25) is 4.79 Å². The van der Waals surface area contributed by atoms with Gasteiger partial charge < -0.3 is 20.9 Å². The number of halogens is 2. The molecule has 2 bridgehead atoms. The molecule has 1 aromatic carbocycles. The summed E-state index contributed by atoms with van der Waals surface area (Å²) in [6, 6.07) is 7.06. The van der Waals surface area contributed by atoms with Crippen molar-refractivity contribution in [1.29, 1.82) is 0 Å². The van der Waals surface area contributed by atoms with Gasteiger partial charge in [-0.1, -0.05) is 12.1 Å². The molecule has 0 aliphatic carbocycles. The second-order valence-electron chi connectivity index (χ2n) is 8.01. The Hall–Kier alpha value is -1.86. The van der Waals surface area contributed by atoms with E-state index in [-0.39, 0.29) is 42.0 Å². The van der Waals surface area contributed by atoms with E-state index in [9.17, 15) is 14.0 Å². The van der Waals surface area contributed by atoms with E-state index in [2.05, 4.69) is 16.0 Å². The Morgan fingerprint density at radius 1 is 1.11 bits per heavy atom. The van der Waals surface area contributed by atoms with E-state index in [0.29, 0.717) is 25.2 Å². The molecule has 3 fully saturated rings. The second kappa shape index (κ2) is 9.09. The van der Waals surface area contributed by atoms with Crippen LogP contribution in [0.5, 0.6) is 0 Å². The third-order valence-corrected chi connectivity index (χ3v) is 6.01. The zero-order valence-electron chi connectivity index (χ0n) is 15.8. The molecule has 154 valence electrons. The van der Waals surface area contributed by atoms with E-state index in [4.69, 9.17) is 0 Å². The van der Waals surface area contributed by atoms with Crippen LogP contribution in [0, 0.1) is 11.7 Å². The monoisotopic (exact) mass is 410 g/mol. The molecule has 0 saturated carbocycles. The average molecular weight is 411 g/mol. The molecule has 0 radical (unpaired) electrons. The number of nitrogens with one attached hydrogen (secondary N) is 3. The topological polar surface area (TPSA) is 73.5 Å². The molecular formula is C20H28ClFN4O2. The largest absolute Gasteiger partial charge is 0.353 e. The number of likely N-dealkylation sites (tertiary alicyclic amines) is 1. The van der Waals surface area contributed by atoms with Crippen molar-refractivity contribution in [3.8, 4) is 0 Å². The van der Waals surface area contributed by atoms with Crippen LogP contribution in [0.3, 0.4) is 0 Å². The lowest BCUT2D eigenvalue weighted by molar-refractivity contribution is -0.127. The Balaban J connectivity index is 0.00000225. The van der Waals surface area contributed by atoms with Crippen molar-refractivity contribution >= 4 is 30.0 Å². The smallest absolute Gasteiger partial charge is 0.321 e. The van der Waals surface area contributed by atoms with Crippen LogP contribution in [0.25, 0.3) is 0 Å². The standard InChI is InChI=1S/C20H27FN4O2.ClH/c21-17-5-1-2-6-18(17)24-20(27)25-9-3-4-13(12-25)19(26)23-16-10-14-7-8-15(11-16)22-14;/h1-2,5-6,13-16,22H,3-4,7-12H2,(H,23,26)(H,24,27);1H. The Kier molecular flexibility index (Phi) is 6.78. The molecule has 3 atom stereocenters. The number of nitrogens with zero attached hydrogens (tertiary/aromatic N) is 1. The quantitative estimate of drug-likeness (QED) is 0.717. The van der Waals surface area contributed by atoms with Gasteiger partial charge in [0.15, 0.2) is 0 Å². The first-order chi connectivity index (χ1) is 13.1. The Morgan fingerprint density at radius 3 is 2.54 bits per heavy atom. The van der Waals surface area contributed by atoms with Crippen LogP contribution in [-0.4, -0.2) is 48.1 Å². The highest BCUT2D eigenvalue weighted by Crippen LogP contribution is 2.27. The van der Waals surface area contributed by atoms with Gasteiger partial charge in [0.1, 0.15) is 5.82 Å². The van der Waals surface area contributed by atoms with Crippen molar-refractivity contribution in [3.05, 3.63) is 30.1 Å². The van der Waals surface area contributed by atoms with E-state index < -0.39 is 5.82 Å². The summed E-state index contributed by atoms with van der Waals surface area (Å²) in [6.45, 7) is 0.964. The Labute approximate surface area is 171 Å². The molecule has 3 aliphatic heterocycles. The van der Waals surface area contributed by atoms with Crippen molar-refractivity contribution in [2.24, 2.45) is 5.92 Å². The van der Waals surface area contributed by atoms with E-state index in [1.165, 1.54) is 25.0 Å². The fourth-order valence-corrected chi connectivity index (χ4v) is 4.63. The van der Waals surface area contributed by atoms with Crippen molar-refractivity contribution in [2.75, 3.05) is 18.4 Å². The van der Waals surface area contributed by atoms with E-state index in [1.54, 1.807) is 17.0 Å². The van der Waals surface area contributed by atoms with E-state index in [1.807, 2.05) is 0 Å². The van der Waals surface area contributed by atoms with Gasteiger partial charge in [0.25, 0.3) is 0 Å². The first-order valence-corrected chi connectivity index (χ1v) is 9.95. The number of hydrogen-bond donors (Lipinski definition) is 3. The van der Waals surface area contributed by atoms with Crippen molar-refractivity contribution in [2.45, 2.75) is 56.7 Å². The third kappa shape index (κ3) is 4.75. The number of para-hydroxylation sites is 1. The van der Waals surface area contributed by atoms with Crippen LogP contribution in [0.2, 0.25) is 0 Å². The summed E-state index contributed by atoms with van der Waals surface area (Å²) in [4.78, 5) is 26.8. The van der Waals surface area contributed by atoms with Crippen LogP contribution in [-0.2, 0) is 4.79 Å². The first kappa shape index (κ1) is 20.9. The van der Waals surface area contributed by atoms with Crippen molar-refractivity contribution < 1.29 is 14.0 Å². The van der Waals surface area contributed by atoms with Gasteiger partial charge in [0, 0.05) is 31.2 Å². The molecule has 0 spiro atoms. The number of rotatable bonds is 3. The minimum Gasteiger partial charge on any atom is -0.353 e. The zero-order valence-corrected chi connectivity index (χ0v) is 16.6. The summed E-state index contributed by atoms with van der Waals surface area (Å²) in [5.41, 5.74) is 0.166. The molecule has 8 heteroatoms. The summed E-state index contributed by atoms with van der Waals surface area (Å²) in [7, 11) is 0. The van der Waals surface area contributed by atoms with Crippen LogP contribution in [0.15, 0.2) is 24.3 Å². The molecule has 3 N–H and O–H groups in total. The van der Waals surface area contributed by atoms with Gasteiger partial charge in [0.2, 0.25) is 5.91 Å². The lowest BCUT2D eigenvalue weighted by atomic mass is 9.95. The normalized spacial score (nSPS) is 29.0. The minimum absolute atomic E-state index is 0. The molecule has 4 rings (SSSR count). The molecule has 1 aromatic rings. The van der Waals surface area contributed by atoms with Gasteiger partial charge in [0.05, 0.1) is 11.6 Å². The molecule has 3 saturated heterocycles. The van der Waals surface area contributed by atoms with Gasteiger partial charge >= 0.3 is 6.03 Å². The SMILES string of the molecule is Cl.O=C(NC1CC2CCC(C1)N2)C1CCCN(C(=O)Nc2ccccc2F)C1. The lowest BCUT2D eigenvalue weighted by Crippen LogP contribution is -2.52. The minimum atomic E-state index is -0.460. The van der Waals surface area contributed by atoms with Gasteiger partial charge in [-0.05, 0) is 50.7 Å². The fourth-order valence-electron chi connectivity index (χ4n) is 4.63. The van der Waals surface area contributed by atoms with Crippen molar-refractivity contribution in [1.82, 2.24) is 15.5 Å². The maximum Gasteiger partial charge on any atom is 0.321 e. The number of fused-ring (bicyclic) bond motifs is 2. The zero-order chi connectivity index (χ0) is 18.8. The molecule has 6 nitrogen and oxygen atoms in total. The molecule has 0 aromatic heterocycles. The highest BCUT2D eigenvalue weighted by molar-refractivity contribution is 5.90. The highest BCUT2D eigenvalue weighted by Gasteiger charge is 2.36. The number of benzene rings is 1. The van der Waals surface area contributed by atoms with Crippen molar-refractivity contribution in [3.63, 3.8) is 0 Å². The van der Waals surface area contributed by atoms with Crippen LogP contribution in [0.1, 0.15) is 38.5 Å². The summed E-state index contributed by atoms with van der Waals surface area (Å²) in [6.07, 6.45) is 5.95. The fraction of sp³-hybridized carbons (Fsp3) is 0.600. The Morgan fingerprint density at radius 2 is 1.82 bits per heavy atom. The maximum absolute atomic E-state index is 13.7. The van der Waals surface area contributed by atoms with E-state index >= 15 is 0 Å². The molecule has 3 unspecified atom stereocenters. The number of hydrogen-bond acceptors (Lipinski definition) is 3. The molecule has 3 heterocycles. The predicted octanol–water partition coefficient (Wildman–Crippen LogP) is 2.89. The molecular weight excluding hydrogens is 383 g/mol. The summed E-state index contributed by atoms with van der Waals surface area (Å²) in [5.74, 6) is -0.611. The first-order valence-electron chi connectivity index (χ1n) is 9.95. The second-order valence-corrected chi connectivity index (χ2v) is 8.01. The van der Waals surface area contributed by atoms with E-state index in [0.717, 1.165) is 25.7 Å². The van der Waals surface area contributed by atoms with Gasteiger partial charge in [-0.15, -0.1) is 12.4 Å². The summed E-state index contributed by atoms with van der Waals surface area (Å²) < 4.78 is 13.7. The number of anilines is 1. The molecule has 28 heavy (non-hydrogen) atoms. The number of carbonyl (C=O) groups excluding carboxylic acids is 2. The molecule has 3 aliphatic rings. The lowest BCUT2D eigenvalue weighted by Gasteiger charge is -2.34. The van der Waals surface area contributed by atoms with Crippen LogP contribution < -0.4 is 16.0 Å². The predicted molar refractivity (Wildman–Crippen MR) is 108 cm³/mol. The highest BCUT2D eigenvalue weighted by atomic mass is 35.5. The number of amides is 3. The van der Waals surface area contributed by atoms with Crippen LogP contribution in [0.4, 0.5) is 14.9 Å². The molecule has 3 amide bonds. The van der Waals surface area contributed by atoms with Gasteiger partial charge in [-0.2, -0.15) is 0 Å². The summed E-state index contributed by atoms with van der Waals surface area (Å²) in [5, 5.41) is 9.40. The Bertz CT molecular complexity index is 707. The average Bonchev–Trinajstić information content (AvgIpc) is 3.02. The van der Waals surface area contributed by atoms with Crippen LogP contribution >= 0.6 is 12.4 Å². The summed E-state index contributed by atoms with van der Waals surface area (Å²) >= 11 is 0. The maximum atomic E-state index is 13.7. The number of carbonyl (C=O) groups is 2.